The molecule has 0 saturated carbocycles. The molecule has 1 saturated heterocycles. The van der Waals surface area contributed by atoms with Crippen LogP contribution in [0.4, 0.5) is 5.82 Å². The van der Waals surface area contributed by atoms with E-state index >= 15 is 0 Å². The molecule has 5 nitrogen and oxygen atoms in total. The van der Waals surface area contributed by atoms with E-state index in [9.17, 15) is 9.90 Å². The smallest absolute Gasteiger partial charge is 0.222 e. The molecule has 0 unspecified atom stereocenters. The van der Waals surface area contributed by atoms with Crippen molar-refractivity contribution in [3.8, 4) is 5.75 Å². The molecule has 5 heteroatoms. The van der Waals surface area contributed by atoms with E-state index in [1.165, 1.54) is 0 Å². The molecule has 0 radical (unpaired) electrons. The Kier molecular flexibility index (Phi) is 3.46. The van der Waals surface area contributed by atoms with E-state index in [1.54, 1.807) is 12.3 Å². The number of carbonyl (C=O) groups excluding carboxylic acids is 1. The maximum Gasteiger partial charge on any atom is 0.222 e. The van der Waals surface area contributed by atoms with Crippen LogP contribution >= 0.6 is 0 Å². The van der Waals surface area contributed by atoms with E-state index in [0.717, 1.165) is 25.9 Å². The Morgan fingerprint density at radius 1 is 1.47 bits per heavy atom. The van der Waals surface area contributed by atoms with E-state index in [-0.39, 0.29) is 17.5 Å². The SMILES string of the molecule is Nc1nccc(CCC(=O)N2CCCC2)c1O. The molecule has 0 aliphatic carbocycles. The van der Waals surface area contributed by atoms with Crippen LogP contribution < -0.4 is 5.73 Å². The molecule has 1 amide bonds. The summed E-state index contributed by atoms with van der Waals surface area (Å²) in [6.07, 6.45) is 4.66. The Hall–Kier alpha value is -1.78. The predicted molar refractivity (Wildman–Crippen MR) is 64.4 cm³/mol. The van der Waals surface area contributed by atoms with Crippen LogP contribution in [-0.4, -0.2) is 34.0 Å². The third kappa shape index (κ3) is 2.67. The van der Waals surface area contributed by atoms with E-state index < -0.39 is 0 Å². The van der Waals surface area contributed by atoms with E-state index in [1.807, 2.05) is 4.90 Å². The fourth-order valence-corrected chi connectivity index (χ4v) is 2.08. The van der Waals surface area contributed by atoms with E-state index in [2.05, 4.69) is 4.98 Å². The first-order valence-corrected chi connectivity index (χ1v) is 5.88. The van der Waals surface area contributed by atoms with Crippen molar-refractivity contribution in [1.82, 2.24) is 9.88 Å². The Balaban J connectivity index is 1.93. The highest BCUT2D eigenvalue weighted by molar-refractivity contribution is 5.76. The molecular formula is C12H17N3O2. The van der Waals surface area contributed by atoms with Crippen LogP contribution in [0.1, 0.15) is 24.8 Å². The first kappa shape index (κ1) is 11.7. The minimum absolute atomic E-state index is 0.00159. The molecule has 1 aromatic heterocycles. The number of rotatable bonds is 3. The third-order valence-electron chi connectivity index (χ3n) is 3.10. The molecule has 1 aliphatic rings. The second-order valence-corrected chi connectivity index (χ2v) is 4.29. The lowest BCUT2D eigenvalue weighted by atomic mass is 10.1. The van der Waals surface area contributed by atoms with Crippen LogP contribution in [0, 0.1) is 0 Å². The van der Waals surface area contributed by atoms with Gasteiger partial charge in [-0.2, -0.15) is 0 Å². The number of likely N-dealkylation sites (tertiary alicyclic amines) is 1. The van der Waals surface area contributed by atoms with Crippen molar-refractivity contribution in [2.45, 2.75) is 25.7 Å². The lowest BCUT2D eigenvalue weighted by Gasteiger charge is -2.15. The van der Waals surface area contributed by atoms with Gasteiger partial charge in [-0.25, -0.2) is 4.98 Å². The van der Waals surface area contributed by atoms with Crippen LogP contribution in [0.5, 0.6) is 5.75 Å². The second-order valence-electron chi connectivity index (χ2n) is 4.29. The predicted octanol–water partition coefficient (Wildman–Crippen LogP) is 0.924. The van der Waals surface area contributed by atoms with Gasteiger partial charge in [-0.3, -0.25) is 4.79 Å². The van der Waals surface area contributed by atoms with Gasteiger partial charge in [0.05, 0.1) is 0 Å². The van der Waals surface area contributed by atoms with Crippen LogP contribution in [0.2, 0.25) is 0 Å². The number of pyridine rings is 1. The van der Waals surface area contributed by atoms with Crippen molar-refractivity contribution in [3.05, 3.63) is 17.8 Å². The monoisotopic (exact) mass is 235 g/mol. The average molecular weight is 235 g/mol. The van der Waals surface area contributed by atoms with Gasteiger partial charge in [0, 0.05) is 25.7 Å². The Bertz CT molecular complexity index is 414. The summed E-state index contributed by atoms with van der Waals surface area (Å²) in [5.41, 5.74) is 6.18. The van der Waals surface area contributed by atoms with Gasteiger partial charge >= 0.3 is 0 Å². The summed E-state index contributed by atoms with van der Waals surface area (Å²) in [6.45, 7) is 1.73. The number of hydrogen-bond donors (Lipinski definition) is 2. The second kappa shape index (κ2) is 5.03. The number of aryl methyl sites for hydroxylation is 1. The summed E-state index contributed by atoms with van der Waals surface area (Å²) in [6, 6.07) is 1.70. The molecule has 1 aliphatic heterocycles. The van der Waals surface area contributed by atoms with Crippen molar-refractivity contribution < 1.29 is 9.90 Å². The maximum absolute atomic E-state index is 11.8. The van der Waals surface area contributed by atoms with Crippen LogP contribution in [-0.2, 0) is 11.2 Å². The minimum atomic E-state index is 0.00159. The summed E-state index contributed by atoms with van der Waals surface area (Å²) in [7, 11) is 0. The van der Waals surface area contributed by atoms with Gasteiger partial charge in [-0.05, 0) is 30.9 Å². The maximum atomic E-state index is 11.8. The molecular weight excluding hydrogens is 218 g/mol. The summed E-state index contributed by atoms with van der Waals surface area (Å²) in [4.78, 5) is 17.5. The number of nitrogens with two attached hydrogens (primary N) is 1. The number of aromatic nitrogens is 1. The van der Waals surface area contributed by atoms with Crippen molar-refractivity contribution in [2.24, 2.45) is 0 Å². The molecule has 0 spiro atoms. The number of amides is 1. The Labute approximate surface area is 100 Å². The molecule has 2 rings (SSSR count). The molecule has 3 N–H and O–H groups in total. The number of aromatic hydroxyl groups is 1. The van der Waals surface area contributed by atoms with Crippen molar-refractivity contribution >= 4 is 11.7 Å². The van der Waals surface area contributed by atoms with E-state index in [0.29, 0.717) is 18.4 Å². The van der Waals surface area contributed by atoms with Crippen molar-refractivity contribution in [1.29, 1.82) is 0 Å². The number of anilines is 1. The largest absolute Gasteiger partial charge is 0.504 e. The first-order valence-electron chi connectivity index (χ1n) is 5.88. The summed E-state index contributed by atoms with van der Waals surface area (Å²) >= 11 is 0. The van der Waals surface area contributed by atoms with E-state index in [4.69, 9.17) is 5.73 Å². The molecule has 92 valence electrons. The molecule has 0 aromatic carbocycles. The zero-order chi connectivity index (χ0) is 12.3. The molecule has 0 atom stereocenters. The molecule has 1 fully saturated rings. The highest BCUT2D eigenvalue weighted by Gasteiger charge is 2.18. The van der Waals surface area contributed by atoms with Crippen LogP contribution in [0.15, 0.2) is 12.3 Å². The normalized spacial score (nSPS) is 15.2. The van der Waals surface area contributed by atoms with Gasteiger partial charge in [0.1, 0.15) is 0 Å². The fourth-order valence-electron chi connectivity index (χ4n) is 2.08. The molecule has 17 heavy (non-hydrogen) atoms. The zero-order valence-corrected chi connectivity index (χ0v) is 9.72. The first-order chi connectivity index (χ1) is 8.18. The van der Waals surface area contributed by atoms with Gasteiger partial charge < -0.3 is 15.7 Å². The zero-order valence-electron chi connectivity index (χ0n) is 9.72. The number of nitrogens with zero attached hydrogens (tertiary/aromatic N) is 2. The van der Waals surface area contributed by atoms with Crippen LogP contribution in [0.25, 0.3) is 0 Å². The van der Waals surface area contributed by atoms with Crippen molar-refractivity contribution in [3.63, 3.8) is 0 Å². The average Bonchev–Trinajstić information content (AvgIpc) is 2.84. The number of hydrogen-bond acceptors (Lipinski definition) is 4. The van der Waals surface area contributed by atoms with Gasteiger partial charge in [0.25, 0.3) is 0 Å². The third-order valence-corrected chi connectivity index (χ3v) is 3.10. The van der Waals surface area contributed by atoms with Gasteiger partial charge in [0.15, 0.2) is 11.6 Å². The quantitative estimate of drug-likeness (QED) is 0.816. The van der Waals surface area contributed by atoms with Crippen LogP contribution in [0.3, 0.4) is 0 Å². The molecule has 2 heterocycles. The topological polar surface area (TPSA) is 79.5 Å². The highest BCUT2D eigenvalue weighted by Crippen LogP contribution is 2.23. The molecule has 0 bridgehead atoms. The number of carbonyl (C=O) groups is 1. The summed E-state index contributed by atoms with van der Waals surface area (Å²) < 4.78 is 0. The van der Waals surface area contributed by atoms with Gasteiger partial charge in [-0.1, -0.05) is 0 Å². The Morgan fingerprint density at radius 3 is 2.88 bits per heavy atom. The van der Waals surface area contributed by atoms with Gasteiger partial charge in [-0.15, -0.1) is 0 Å². The Morgan fingerprint density at radius 2 is 2.18 bits per heavy atom. The number of nitrogen functional groups attached to an aromatic ring is 1. The summed E-state index contributed by atoms with van der Waals surface area (Å²) in [5, 5.41) is 9.66. The lowest BCUT2D eigenvalue weighted by Crippen LogP contribution is -2.27. The van der Waals surface area contributed by atoms with Crippen molar-refractivity contribution in [2.75, 3.05) is 18.8 Å². The van der Waals surface area contributed by atoms with Gasteiger partial charge in [0.2, 0.25) is 5.91 Å². The standard InChI is InChI=1S/C12H17N3O2/c13-12-11(17)9(5-6-14-12)3-4-10(16)15-7-1-2-8-15/h5-6,17H,1-4,7-8H2,(H2,13,14). The minimum Gasteiger partial charge on any atom is -0.504 e. The molecule has 1 aromatic rings. The fraction of sp³-hybridized carbons (Fsp3) is 0.500. The highest BCUT2D eigenvalue weighted by atomic mass is 16.3. The lowest BCUT2D eigenvalue weighted by molar-refractivity contribution is -0.130. The summed E-state index contributed by atoms with van der Waals surface area (Å²) in [5.74, 6) is 0.273.